The van der Waals surface area contributed by atoms with Crippen LogP contribution in [0.15, 0.2) is 83.3 Å². The van der Waals surface area contributed by atoms with E-state index in [2.05, 4.69) is 30.3 Å². The van der Waals surface area contributed by atoms with Gasteiger partial charge in [-0.15, -0.1) is 0 Å². The van der Waals surface area contributed by atoms with Gasteiger partial charge in [0.25, 0.3) is 0 Å². The lowest BCUT2D eigenvalue weighted by Gasteiger charge is -2.43. The van der Waals surface area contributed by atoms with Crippen molar-refractivity contribution in [2.45, 2.75) is 32.6 Å². The molecule has 0 fully saturated rings. The number of hydrazine groups is 1. The summed E-state index contributed by atoms with van der Waals surface area (Å²) in [5, 5.41) is 13.1. The second-order valence-electron chi connectivity index (χ2n) is 9.52. The third-order valence-corrected chi connectivity index (χ3v) is 6.71. The largest absolute Gasteiger partial charge is 0.383 e. The lowest BCUT2D eigenvalue weighted by atomic mass is 9.69. The van der Waals surface area contributed by atoms with Gasteiger partial charge in [-0.25, -0.2) is 9.99 Å². The van der Waals surface area contributed by atoms with Crippen LogP contribution in [0.1, 0.15) is 38.2 Å². The number of carbonyl (C=O) groups is 1. The van der Waals surface area contributed by atoms with Crippen LogP contribution in [0.4, 0.5) is 5.69 Å². The number of nitriles is 1. The van der Waals surface area contributed by atoms with Crippen LogP contribution in [-0.2, 0) is 4.79 Å². The molecule has 1 aliphatic heterocycles. The van der Waals surface area contributed by atoms with E-state index >= 15 is 0 Å². The minimum atomic E-state index is -0.679. The molecule has 34 heavy (non-hydrogen) atoms. The highest BCUT2D eigenvalue weighted by Crippen LogP contribution is 2.50. The number of benzene rings is 2. The Morgan fingerprint density at radius 1 is 1.15 bits per heavy atom. The van der Waals surface area contributed by atoms with Gasteiger partial charge in [0.2, 0.25) is 0 Å². The number of Topliss-reactive ketones (excluding diaryl/α,β-unsaturated/α-hetero) is 1. The molecule has 2 aromatic carbocycles. The zero-order valence-electron chi connectivity index (χ0n) is 19.0. The second-order valence-corrected chi connectivity index (χ2v) is 9.88. The van der Waals surface area contributed by atoms with Crippen molar-refractivity contribution in [3.63, 3.8) is 0 Å². The SMILES string of the molecule is CC1(C)CC(=O)C2=C(C1)N(Nc1ccccc1)C(N)=C(C#N)C2c1cc2ccccc2nc1Cl. The summed E-state index contributed by atoms with van der Waals surface area (Å²) in [5.74, 6) is -0.438. The van der Waals surface area contributed by atoms with Gasteiger partial charge in [-0.05, 0) is 36.1 Å². The maximum Gasteiger partial charge on any atom is 0.162 e. The molecule has 2 heterocycles. The molecule has 170 valence electrons. The Kier molecular flexibility index (Phi) is 5.30. The molecule has 3 N–H and O–H groups in total. The average Bonchev–Trinajstić information content (AvgIpc) is 2.80. The number of halogens is 1. The van der Waals surface area contributed by atoms with E-state index in [1.165, 1.54) is 0 Å². The number of aromatic nitrogens is 1. The third kappa shape index (κ3) is 3.68. The van der Waals surface area contributed by atoms with E-state index in [9.17, 15) is 10.1 Å². The van der Waals surface area contributed by atoms with E-state index in [1.807, 2.05) is 60.7 Å². The molecule has 3 aromatic rings. The Morgan fingerprint density at radius 2 is 1.85 bits per heavy atom. The minimum absolute atomic E-state index is 0.0133. The first-order chi connectivity index (χ1) is 16.3. The summed E-state index contributed by atoms with van der Waals surface area (Å²) in [6.07, 6.45) is 0.987. The van der Waals surface area contributed by atoms with Gasteiger partial charge in [0.05, 0.1) is 34.5 Å². The highest BCUT2D eigenvalue weighted by atomic mass is 35.5. The lowest BCUT2D eigenvalue weighted by molar-refractivity contribution is -0.118. The molecule has 1 aliphatic carbocycles. The molecular formula is C27H24ClN5O. The van der Waals surface area contributed by atoms with E-state index in [0.717, 1.165) is 22.3 Å². The lowest BCUT2D eigenvalue weighted by Crippen LogP contribution is -2.44. The normalized spacial score (nSPS) is 19.8. The molecule has 2 aliphatic rings. The van der Waals surface area contributed by atoms with Crippen molar-refractivity contribution >= 4 is 34.0 Å². The number of ketones is 1. The number of para-hydroxylation sites is 2. The van der Waals surface area contributed by atoms with E-state index in [-0.39, 0.29) is 27.7 Å². The number of carbonyl (C=O) groups excluding carboxylic acids is 1. The Morgan fingerprint density at radius 3 is 2.59 bits per heavy atom. The summed E-state index contributed by atoms with van der Waals surface area (Å²) >= 11 is 6.66. The first-order valence-corrected chi connectivity index (χ1v) is 11.5. The third-order valence-electron chi connectivity index (χ3n) is 6.41. The van der Waals surface area contributed by atoms with Crippen molar-refractivity contribution in [3.8, 4) is 6.07 Å². The van der Waals surface area contributed by atoms with Crippen LogP contribution in [0.3, 0.4) is 0 Å². The number of anilines is 1. The molecule has 7 heteroatoms. The van der Waals surface area contributed by atoms with Crippen LogP contribution >= 0.6 is 11.6 Å². The van der Waals surface area contributed by atoms with Crippen LogP contribution < -0.4 is 11.2 Å². The highest BCUT2D eigenvalue weighted by molar-refractivity contribution is 6.31. The fourth-order valence-electron chi connectivity index (χ4n) is 4.90. The van der Waals surface area contributed by atoms with Crippen molar-refractivity contribution in [1.29, 1.82) is 5.26 Å². The molecule has 0 radical (unpaired) electrons. The molecule has 0 saturated heterocycles. The smallest absolute Gasteiger partial charge is 0.162 e. The van der Waals surface area contributed by atoms with Crippen LogP contribution in [0, 0.1) is 16.7 Å². The van der Waals surface area contributed by atoms with Crippen molar-refractivity contribution < 1.29 is 4.79 Å². The Hall–Kier alpha value is -3.82. The van der Waals surface area contributed by atoms with Gasteiger partial charge in [-0.3, -0.25) is 10.2 Å². The summed E-state index contributed by atoms with van der Waals surface area (Å²) in [7, 11) is 0. The van der Waals surface area contributed by atoms with Crippen LogP contribution in [0.2, 0.25) is 5.15 Å². The summed E-state index contributed by atoms with van der Waals surface area (Å²) in [5.41, 5.74) is 13.4. The summed E-state index contributed by atoms with van der Waals surface area (Å²) < 4.78 is 0. The van der Waals surface area contributed by atoms with E-state index in [1.54, 1.807) is 5.01 Å². The molecule has 0 amide bonds. The number of nitrogens with zero attached hydrogens (tertiary/aromatic N) is 3. The molecular weight excluding hydrogens is 446 g/mol. The van der Waals surface area contributed by atoms with Crippen LogP contribution in [0.25, 0.3) is 10.9 Å². The van der Waals surface area contributed by atoms with Crippen molar-refractivity contribution in [1.82, 2.24) is 9.99 Å². The molecule has 1 atom stereocenters. The first kappa shape index (κ1) is 22.0. The van der Waals surface area contributed by atoms with Gasteiger partial charge >= 0.3 is 0 Å². The summed E-state index contributed by atoms with van der Waals surface area (Å²) in [6.45, 7) is 4.13. The molecule has 6 nitrogen and oxygen atoms in total. The van der Waals surface area contributed by atoms with Gasteiger partial charge in [-0.1, -0.05) is 61.8 Å². The van der Waals surface area contributed by atoms with Crippen molar-refractivity contribution in [3.05, 3.63) is 94.0 Å². The fourth-order valence-corrected chi connectivity index (χ4v) is 5.16. The van der Waals surface area contributed by atoms with Crippen LogP contribution in [-0.4, -0.2) is 15.8 Å². The molecule has 1 aromatic heterocycles. The van der Waals surface area contributed by atoms with Crippen LogP contribution in [0.5, 0.6) is 0 Å². The molecule has 5 rings (SSSR count). The second kappa shape index (κ2) is 8.19. The predicted octanol–water partition coefficient (Wildman–Crippen LogP) is 5.65. The van der Waals surface area contributed by atoms with E-state index in [4.69, 9.17) is 17.3 Å². The number of hydrogen-bond acceptors (Lipinski definition) is 6. The maximum atomic E-state index is 13.6. The van der Waals surface area contributed by atoms with Gasteiger partial charge in [-0.2, -0.15) is 5.26 Å². The summed E-state index contributed by atoms with van der Waals surface area (Å²) in [4.78, 5) is 18.2. The molecule has 1 unspecified atom stereocenters. The number of nitrogens with one attached hydrogen (secondary N) is 1. The predicted molar refractivity (Wildman–Crippen MR) is 133 cm³/mol. The summed E-state index contributed by atoms with van der Waals surface area (Å²) in [6, 6.07) is 21.4. The Labute approximate surface area is 203 Å². The zero-order chi connectivity index (χ0) is 24.0. The van der Waals surface area contributed by atoms with E-state index in [0.29, 0.717) is 24.0 Å². The first-order valence-electron chi connectivity index (χ1n) is 11.1. The molecule has 0 bridgehead atoms. The molecule has 0 saturated carbocycles. The Balaban J connectivity index is 1.74. The maximum absolute atomic E-state index is 13.6. The number of nitrogens with two attached hydrogens (primary N) is 1. The molecule has 0 spiro atoms. The fraction of sp³-hybridized carbons (Fsp3) is 0.222. The van der Waals surface area contributed by atoms with Crippen molar-refractivity contribution in [2.75, 3.05) is 5.43 Å². The van der Waals surface area contributed by atoms with Gasteiger partial charge < -0.3 is 5.73 Å². The zero-order valence-corrected chi connectivity index (χ0v) is 19.7. The van der Waals surface area contributed by atoms with Gasteiger partial charge in [0, 0.05) is 22.9 Å². The Bertz CT molecular complexity index is 1420. The monoisotopic (exact) mass is 469 g/mol. The highest BCUT2D eigenvalue weighted by Gasteiger charge is 2.45. The number of hydrogen-bond donors (Lipinski definition) is 2. The average molecular weight is 470 g/mol. The standard InChI is InChI=1S/C27H24ClN5O/c1-27(2)13-21-24(22(34)14-27)23(18-12-16-8-6-7-11-20(16)31-25(18)28)19(15-29)26(30)33(21)32-17-9-4-3-5-10-17/h3-12,23,32H,13-14,30H2,1-2H3. The topological polar surface area (TPSA) is 95.0 Å². The van der Waals surface area contributed by atoms with E-state index < -0.39 is 5.92 Å². The van der Waals surface area contributed by atoms with Crippen molar-refractivity contribution in [2.24, 2.45) is 11.1 Å². The van der Waals surface area contributed by atoms with Gasteiger partial charge in [0.1, 0.15) is 11.0 Å². The number of fused-ring (bicyclic) bond motifs is 1. The number of allylic oxidation sites excluding steroid dienone is 3. The number of pyridine rings is 1. The van der Waals surface area contributed by atoms with Gasteiger partial charge in [0.15, 0.2) is 5.78 Å². The minimum Gasteiger partial charge on any atom is -0.383 e. The number of rotatable bonds is 3. The quantitative estimate of drug-likeness (QED) is 0.481.